The minimum Gasteiger partial charge on any atom is -0.238 e. The summed E-state index contributed by atoms with van der Waals surface area (Å²) in [6, 6.07) is 3.56. The largest absolute Gasteiger partial charge is 0.323 e. The second-order valence-corrected chi connectivity index (χ2v) is 5.73. The Balaban J connectivity index is 2.45. The molecular formula is C16H15Cl2N4+. The summed E-state index contributed by atoms with van der Waals surface area (Å²) in [6.07, 6.45) is 3.67. The molecule has 0 atom stereocenters. The summed E-state index contributed by atoms with van der Waals surface area (Å²) in [6.45, 7) is 10.9. The Morgan fingerprint density at radius 1 is 1.23 bits per heavy atom. The van der Waals surface area contributed by atoms with Crippen LogP contribution in [0.15, 0.2) is 37.4 Å². The Labute approximate surface area is 138 Å². The van der Waals surface area contributed by atoms with Crippen molar-refractivity contribution in [3.63, 3.8) is 0 Å². The molecule has 6 heteroatoms. The summed E-state index contributed by atoms with van der Waals surface area (Å²) < 4.78 is 4.12. The average molecular weight is 334 g/mol. The van der Waals surface area contributed by atoms with Gasteiger partial charge in [0.2, 0.25) is 5.82 Å². The van der Waals surface area contributed by atoms with E-state index >= 15 is 0 Å². The van der Waals surface area contributed by atoms with Gasteiger partial charge in [0.25, 0.3) is 5.65 Å². The molecule has 2 heterocycles. The first kappa shape index (κ1) is 15.0. The van der Waals surface area contributed by atoms with Gasteiger partial charge in [-0.3, -0.25) is 0 Å². The Morgan fingerprint density at radius 2 is 2.00 bits per heavy atom. The van der Waals surface area contributed by atoms with Gasteiger partial charge in [-0.25, -0.2) is 14.1 Å². The summed E-state index contributed by atoms with van der Waals surface area (Å²) in [5.41, 5.74) is 2.88. The third-order valence-corrected chi connectivity index (χ3v) is 4.40. The van der Waals surface area contributed by atoms with Crippen LogP contribution < -0.4 is 4.57 Å². The zero-order chi connectivity index (χ0) is 15.9. The van der Waals surface area contributed by atoms with Crippen LogP contribution in [0.4, 0.5) is 0 Å². The normalized spacial score (nSPS) is 11.2. The van der Waals surface area contributed by atoms with Crippen molar-refractivity contribution in [3.05, 3.63) is 53.3 Å². The van der Waals surface area contributed by atoms with Crippen molar-refractivity contribution in [2.75, 3.05) is 0 Å². The SMILES string of the molecule is C=CCn1c(C)[n+](CC=C)c2nc3ccc(Cl)c(Cl)c3nc21. The molecule has 0 aliphatic heterocycles. The monoisotopic (exact) mass is 333 g/mol. The van der Waals surface area contributed by atoms with E-state index in [9.17, 15) is 0 Å². The van der Waals surface area contributed by atoms with Crippen molar-refractivity contribution >= 4 is 45.5 Å². The van der Waals surface area contributed by atoms with Gasteiger partial charge in [0.05, 0.1) is 23.1 Å². The van der Waals surface area contributed by atoms with Gasteiger partial charge in [-0.05, 0) is 12.1 Å². The van der Waals surface area contributed by atoms with Crippen LogP contribution in [-0.4, -0.2) is 14.5 Å². The first-order valence-electron chi connectivity index (χ1n) is 6.84. The summed E-state index contributed by atoms with van der Waals surface area (Å²) in [5, 5.41) is 0.896. The van der Waals surface area contributed by atoms with Crippen LogP contribution in [0, 0.1) is 6.92 Å². The molecule has 1 aromatic carbocycles. The molecule has 0 saturated heterocycles. The average Bonchev–Trinajstić information content (AvgIpc) is 2.76. The molecule has 0 N–H and O–H groups in total. The first-order valence-corrected chi connectivity index (χ1v) is 7.60. The molecule has 0 spiro atoms. The molecule has 3 rings (SSSR count). The van der Waals surface area contributed by atoms with Gasteiger partial charge in [0, 0.05) is 6.92 Å². The van der Waals surface area contributed by atoms with Gasteiger partial charge >= 0.3 is 5.65 Å². The van der Waals surface area contributed by atoms with Gasteiger partial charge in [-0.2, -0.15) is 0 Å². The zero-order valence-electron chi connectivity index (χ0n) is 12.2. The van der Waals surface area contributed by atoms with E-state index in [0.29, 0.717) is 28.7 Å². The van der Waals surface area contributed by atoms with Crippen LogP contribution >= 0.6 is 23.2 Å². The second kappa shape index (κ2) is 5.71. The lowest BCUT2D eigenvalue weighted by molar-refractivity contribution is -0.669. The van der Waals surface area contributed by atoms with Crippen molar-refractivity contribution in [3.8, 4) is 0 Å². The maximum atomic E-state index is 6.28. The van der Waals surface area contributed by atoms with Crippen molar-refractivity contribution in [2.24, 2.45) is 0 Å². The van der Waals surface area contributed by atoms with Gasteiger partial charge in [0.15, 0.2) is 5.52 Å². The van der Waals surface area contributed by atoms with Crippen LogP contribution in [0.5, 0.6) is 0 Å². The molecule has 2 aromatic heterocycles. The Kier molecular flexibility index (Phi) is 3.89. The highest BCUT2D eigenvalue weighted by molar-refractivity contribution is 6.44. The fraction of sp³-hybridized carbons (Fsp3) is 0.188. The van der Waals surface area contributed by atoms with Crippen molar-refractivity contribution < 1.29 is 4.57 Å². The molecule has 4 nitrogen and oxygen atoms in total. The third-order valence-electron chi connectivity index (χ3n) is 3.61. The molecule has 22 heavy (non-hydrogen) atoms. The zero-order valence-corrected chi connectivity index (χ0v) is 13.7. The summed E-state index contributed by atoms with van der Waals surface area (Å²) in [4.78, 5) is 9.42. The molecule has 0 bridgehead atoms. The number of halogens is 2. The highest BCUT2D eigenvalue weighted by Gasteiger charge is 2.24. The molecule has 0 unspecified atom stereocenters. The van der Waals surface area contributed by atoms with E-state index in [1.165, 1.54) is 0 Å². The topological polar surface area (TPSA) is 34.6 Å². The van der Waals surface area contributed by atoms with Crippen LogP contribution in [0.25, 0.3) is 22.3 Å². The van der Waals surface area contributed by atoms with Crippen LogP contribution in [0.2, 0.25) is 10.0 Å². The Bertz CT molecular complexity index is 912. The number of fused-ring (bicyclic) bond motifs is 2. The van der Waals surface area contributed by atoms with Crippen LogP contribution in [0.3, 0.4) is 0 Å². The lowest BCUT2D eigenvalue weighted by Crippen LogP contribution is -2.36. The summed E-state index contributed by atoms with van der Waals surface area (Å²) >= 11 is 12.4. The highest BCUT2D eigenvalue weighted by atomic mass is 35.5. The summed E-state index contributed by atoms with van der Waals surface area (Å²) in [7, 11) is 0. The van der Waals surface area contributed by atoms with Crippen molar-refractivity contribution in [1.82, 2.24) is 14.5 Å². The predicted octanol–water partition coefficient (Wildman–Crippen LogP) is 3.86. The maximum absolute atomic E-state index is 6.28. The maximum Gasteiger partial charge on any atom is 0.323 e. The van der Waals surface area contributed by atoms with Gasteiger partial charge in [-0.15, -0.1) is 0 Å². The Morgan fingerprint density at radius 3 is 2.68 bits per heavy atom. The minimum atomic E-state index is 0.424. The number of benzene rings is 1. The molecule has 0 aliphatic carbocycles. The van der Waals surface area contributed by atoms with Crippen LogP contribution in [0.1, 0.15) is 5.82 Å². The van der Waals surface area contributed by atoms with E-state index in [1.54, 1.807) is 6.07 Å². The number of imidazole rings is 1. The molecule has 112 valence electrons. The minimum absolute atomic E-state index is 0.424. The second-order valence-electron chi connectivity index (χ2n) is 4.95. The number of rotatable bonds is 4. The van der Waals surface area contributed by atoms with E-state index in [2.05, 4.69) is 22.3 Å². The van der Waals surface area contributed by atoms with Gasteiger partial charge in [0.1, 0.15) is 5.52 Å². The lowest BCUT2D eigenvalue weighted by atomic mass is 10.3. The molecular weight excluding hydrogens is 319 g/mol. The highest BCUT2D eigenvalue weighted by Crippen LogP contribution is 2.29. The molecule has 0 saturated carbocycles. The Hall–Kier alpha value is -1.91. The molecule has 0 amide bonds. The standard InChI is InChI=1S/C16H15Cl2N4/c1-4-8-21-10(3)22(9-5-2)16-15(21)19-12-7-6-11(17)13(18)14(12)20-16/h4-7H,1-2,8-9H2,3H3/q+1. The van der Waals surface area contributed by atoms with E-state index in [0.717, 1.165) is 22.6 Å². The van der Waals surface area contributed by atoms with E-state index < -0.39 is 0 Å². The smallest absolute Gasteiger partial charge is 0.238 e. The first-order chi connectivity index (χ1) is 10.6. The fourth-order valence-electron chi connectivity index (χ4n) is 2.56. The number of aromatic nitrogens is 4. The van der Waals surface area contributed by atoms with Gasteiger partial charge < -0.3 is 0 Å². The summed E-state index contributed by atoms with van der Waals surface area (Å²) in [5.74, 6) is 1.03. The molecule has 0 aliphatic rings. The van der Waals surface area contributed by atoms with Gasteiger partial charge in [-0.1, -0.05) is 53.5 Å². The van der Waals surface area contributed by atoms with E-state index in [4.69, 9.17) is 33.2 Å². The van der Waals surface area contributed by atoms with Crippen LogP contribution in [-0.2, 0) is 13.1 Å². The van der Waals surface area contributed by atoms with Crippen molar-refractivity contribution in [1.29, 1.82) is 0 Å². The van der Waals surface area contributed by atoms with E-state index in [1.807, 2.05) is 25.1 Å². The fourth-order valence-corrected chi connectivity index (χ4v) is 2.91. The molecule has 0 radical (unpaired) electrons. The third kappa shape index (κ3) is 2.19. The number of nitrogens with zero attached hydrogens (tertiary/aromatic N) is 4. The van der Waals surface area contributed by atoms with Crippen molar-refractivity contribution in [2.45, 2.75) is 20.0 Å². The number of hydrogen-bond acceptors (Lipinski definition) is 2. The number of allylic oxidation sites excluding steroid dienone is 2. The number of hydrogen-bond donors (Lipinski definition) is 0. The lowest BCUT2D eigenvalue weighted by Gasteiger charge is -1.99. The quantitative estimate of drug-likeness (QED) is 0.536. The molecule has 0 fully saturated rings. The van der Waals surface area contributed by atoms with E-state index in [-0.39, 0.29) is 0 Å². The predicted molar refractivity (Wildman–Crippen MR) is 90.4 cm³/mol. The molecule has 3 aromatic rings.